The van der Waals surface area contributed by atoms with Gasteiger partial charge in [0.05, 0.1) is 22.2 Å². The van der Waals surface area contributed by atoms with E-state index in [2.05, 4.69) is 15.6 Å². The van der Waals surface area contributed by atoms with Crippen LogP contribution >= 0.6 is 11.6 Å². The van der Waals surface area contributed by atoms with Gasteiger partial charge in [0.25, 0.3) is 17.7 Å². The number of alkyl halides is 6. The number of likely N-dealkylation sites (N-methyl/N-ethyl adjacent to an activating group) is 1. The summed E-state index contributed by atoms with van der Waals surface area (Å²) in [5, 5.41) is 7.93. The molecule has 41 heavy (non-hydrogen) atoms. The van der Waals surface area contributed by atoms with Gasteiger partial charge in [-0.3, -0.25) is 24.0 Å². The summed E-state index contributed by atoms with van der Waals surface area (Å²) in [6.07, 6.45) is -9.97. The topological polar surface area (TPSA) is 146 Å². The fraction of sp³-hybridized carbons (Fsp3) is 0.333. The predicted molar refractivity (Wildman–Crippen MR) is 130 cm³/mol. The summed E-state index contributed by atoms with van der Waals surface area (Å²) in [7, 11) is 1.09. The number of halogens is 7. The Morgan fingerprint density at radius 1 is 1.10 bits per heavy atom. The Morgan fingerprint density at radius 2 is 1.78 bits per heavy atom. The third kappa shape index (κ3) is 7.71. The molecule has 1 aliphatic heterocycles. The molecule has 4 amide bonds. The summed E-state index contributed by atoms with van der Waals surface area (Å²) in [5.74, 6) is -7.74. The number of benzene rings is 1. The normalized spacial score (nSPS) is 17.8. The Bertz CT molecular complexity index is 1380. The lowest BCUT2D eigenvalue weighted by Gasteiger charge is -2.20. The average Bonchev–Trinajstić information content (AvgIpc) is 3.28. The van der Waals surface area contributed by atoms with Crippen molar-refractivity contribution in [3.05, 3.63) is 58.2 Å². The Hall–Kier alpha value is -4.21. The minimum absolute atomic E-state index is 0.149. The van der Waals surface area contributed by atoms with Gasteiger partial charge in [0.1, 0.15) is 11.9 Å². The van der Waals surface area contributed by atoms with Gasteiger partial charge in [0, 0.05) is 24.7 Å². The third-order valence-electron chi connectivity index (χ3n) is 5.98. The first-order chi connectivity index (χ1) is 19.0. The molecule has 1 aliphatic rings. The highest BCUT2D eigenvalue weighted by molar-refractivity contribution is 6.38. The molecule has 2 heterocycles. The summed E-state index contributed by atoms with van der Waals surface area (Å²) in [5.41, 5.74) is -2.06. The van der Waals surface area contributed by atoms with E-state index in [1.807, 2.05) is 5.32 Å². The first kappa shape index (κ1) is 31.3. The van der Waals surface area contributed by atoms with Crippen LogP contribution in [0.15, 0.2) is 36.5 Å². The van der Waals surface area contributed by atoms with E-state index < -0.39 is 95.1 Å². The number of rotatable bonds is 8. The van der Waals surface area contributed by atoms with Crippen LogP contribution in [0.25, 0.3) is 0 Å². The number of hydrogen-bond donors (Lipinski definition) is 4. The molecular formula is C24H20ClF6N5O5. The van der Waals surface area contributed by atoms with Gasteiger partial charge in [0.15, 0.2) is 0 Å². The summed E-state index contributed by atoms with van der Waals surface area (Å²) < 4.78 is 78.4. The van der Waals surface area contributed by atoms with Crippen molar-refractivity contribution < 1.29 is 50.3 Å². The molecule has 0 aliphatic carbocycles. The van der Waals surface area contributed by atoms with Gasteiger partial charge in [-0.15, -0.1) is 0 Å². The lowest BCUT2D eigenvalue weighted by atomic mass is 9.93. The van der Waals surface area contributed by atoms with Gasteiger partial charge in [-0.25, -0.2) is 4.98 Å². The van der Waals surface area contributed by atoms with Crippen LogP contribution in [-0.4, -0.2) is 59.7 Å². The highest BCUT2D eigenvalue weighted by Gasteiger charge is 2.48. The molecule has 1 unspecified atom stereocenters. The van der Waals surface area contributed by atoms with E-state index in [9.17, 15) is 50.3 Å². The number of amides is 4. The number of pyridine rings is 1. The van der Waals surface area contributed by atoms with Crippen molar-refractivity contribution in [1.82, 2.24) is 20.9 Å². The summed E-state index contributed by atoms with van der Waals surface area (Å²) in [4.78, 5) is 66.4. The molecule has 4 N–H and O–H groups in total. The molecule has 17 heteroatoms. The zero-order valence-corrected chi connectivity index (χ0v) is 21.5. The smallest absolute Gasteiger partial charge is 0.353 e. The molecule has 0 spiro atoms. The molecule has 220 valence electrons. The highest BCUT2D eigenvalue weighted by Crippen LogP contribution is 2.32. The average molecular weight is 608 g/mol. The van der Waals surface area contributed by atoms with Crippen LogP contribution in [-0.2, 0) is 20.6 Å². The van der Waals surface area contributed by atoms with Crippen molar-refractivity contribution in [2.75, 3.05) is 12.4 Å². The van der Waals surface area contributed by atoms with Crippen molar-refractivity contribution in [3.8, 4) is 0 Å². The predicted octanol–water partition coefficient (Wildman–Crippen LogP) is 2.88. The van der Waals surface area contributed by atoms with Crippen LogP contribution in [0.3, 0.4) is 0 Å². The van der Waals surface area contributed by atoms with Gasteiger partial charge >= 0.3 is 12.4 Å². The second-order valence-corrected chi connectivity index (χ2v) is 9.26. The van der Waals surface area contributed by atoms with E-state index in [4.69, 9.17) is 11.6 Å². The minimum atomic E-state index is -4.77. The van der Waals surface area contributed by atoms with Crippen LogP contribution in [0, 0.1) is 5.92 Å². The van der Waals surface area contributed by atoms with E-state index >= 15 is 0 Å². The zero-order chi connectivity index (χ0) is 30.7. The maximum absolute atomic E-state index is 13.2. The third-order valence-corrected chi connectivity index (χ3v) is 6.19. The van der Waals surface area contributed by atoms with E-state index in [1.54, 1.807) is 5.32 Å². The molecule has 0 radical (unpaired) electrons. The van der Waals surface area contributed by atoms with Crippen molar-refractivity contribution in [3.63, 3.8) is 0 Å². The maximum atomic E-state index is 13.2. The number of aromatic nitrogens is 1. The number of nitrogens with zero attached hydrogens (tertiary/aromatic N) is 1. The van der Waals surface area contributed by atoms with Crippen LogP contribution < -0.4 is 21.3 Å². The molecule has 1 fully saturated rings. The second kappa shape index (κ2) is 12.1. The molecule has 2 aromatic rings. The zero-order valence-electron chi connectivity index (χ0n) is 20.7. The van der Waals surface area contributed by atoms with Crippen LogP contribution in [0.5, 0.6) is 0 Å². The van der Waals surface area contributed by atoms with Crippen molar-refractivity contribution in [2.45, 2.75) is 37.3 Å². The second-order valence-electron chi connectivity index (χ2n) is 8.82. The Kier molecular flexibility index (Phi) is 9.26. The van der Waals surface area contributed by atoms with Crippen molar-refractivity contribution >= 4 is 46.8 Å². The van der Waals surface area contributed by atoms with Crippen LogP contribution in [0.4, 0.5) is 32.2 Å². The minimum Gasteiger partial charge on any atom is -0.353 e. The lowest BCUT2D eigenvalue weighted by molar-refractivity contribution is -0.155. The molecule has 3 rings (SSSR count). The number of ketones is 1. The fourth-order valence-corrected chi connectivity index (χ4v) is 4.08. The van der Waals surface area contributed by atoms with Crippen molar-refractivity contribution in [1.29, 1.82) is 0 Å². The molecule has 10 nitrogen and oxygen atoms in total. The molecule has 1 aromatic heterocycles. The first-order valence-corrected chi connectivity index (χ1v) is 12.0. The van der Waals surface area contributed by atoms with E-state index in [-0.39, 0.29) is 5.02 Å². The summed E-state index contributed by atoms with van der Waals surface area (Å²) in [6.45, 7) is 0. The largest absolute Gasteiger partial charge is 0.416 e. The Morgan fingerprint density at radius 3 is 2.37 bits per heavy atom. The van der Waals surface area contributed by atoms with E-state index in [1.165, 1.54) is 0 Å². The lowest BCUT2D eigenvalue weighted by Crippen LogP contribution is -2.48. The number of hydrogen-bond acceptors (Lipinski definition) is 6. The van der Waals surface area contributed by atoms with Gasteiger partial charge in [0.2, 0.25) is 11.7 Å². The Balaban J connectivity index is 1.87. The maximum Gasteiger partial charge on any atom is 0.416 e. The quantitative estimate of drug-likeness (QED) is 0.268. The number of Topliss-reactive ketones (excluding diaryl/α,β-unsaturated/α-hetero) is 1. The summed E-state index contributed by atoms with van der Waals surface area (Å²) in [6, 6.07) is 0.342. The standard InChI is InChI=1S/C24H20ClF6N5O5/c1-32-22(41)17(37)15(6-11-7-16(24(29,30)31)35-20(11)39)34-21(40)14-8-13(25)9-33-18(14)36-19(38)10-3-2-4-12(5-10)23(26,27)28/h2-5,8-9,11,15-16H,6-7H2,1H3,(H,32,41)(H,34,40)(H,35,39)(H,33,36,38)/t11-,15?,16+/m1/s1. The van der Waals surface area contributed by atoms with E-state index in [0.29, 0.717) is 6.07 Å². The number of anilines is 1. The number of carbonyl (C=O) groups is 5. The number of nitrogens with one attached hydrogen (secondary N) is 4. The Labute approximate surface area is 232 Å². The van der Waals surface area contributed by atoms with Crippen LogP contribution in [0.1, 0.15) is 39.1 Å². The number of carbonyl (C=O) groups excluding carboxylic acids is 5. The van der Waals surface area contributed by atoms with Crippen LogP contribution in [0.2, 0.25) is 5.02 Å². The van der Waals surface area contributed by atoms with Gasteiger partial charge < -0.3 is 21.3 Å². The first-order valence-electron chi connectivity index (χ1n) is 11.6. The highest BCUT2D eigenvalue weighted by atomic mass is 35.5. The van der Waals surface area contributed by atoms with Gasteiger partial charge in [-0.05, 0) is 37.1 Å². The SMILES string of the molecule is CNC(=O)C(=O)C(C[C@@H]1C[C@@H](C(F)(F)F)NC1=O)NC(=O)c1cc(Cl)cnc1NC(=O)c1cccc(C(F)(F)F)c1. The molecule has 1 aromatic carbocycles. The fourth-order valence-electron chi connectivity index (χ4n) is 3.92. The van der Waals surface area contributed by atoms with Gasteiger partial charge in [-0.2, -0.15) is 26.3 Å². The molecular weight excluding hydrogens is 588 g/mol. The molecule has 1 saturated heterocycles. The summed E-state index contributed by atoms with van der Waals surface area (Å²) >= 11 is 5.90. The molecule has 0 bridgehead atoms. The molecule has 0 saturated carbocycles. The van der Waals surface area contributed by atoms with Crippen molar-refractivity contribution in [2.24, 2.45) is 5.92 Å². The van der Waals surface area contributed by atoms with Gasteiger partial charge in [-0.1, -0.05) is 17.7 Å². The molecule has 3 atom stereocenters. The van der Waals surface area contributed by atoms with E-state index in [0.717, 1.165) is 37.5 Å². The monoisotopic (exact) mass is 607 g/mol.